The number of amides is 2. The van der Waals surface area contributed by atoms with Crippen LogP contribution >= 0.6 is 0 Å². The van der Waals surface area contributed by atoms with E-state index in [1.807, 2.05) is 30.3 Å². The molecule has 1 atom stereocenters. The van der Waals surface area contributed by atoms with Crippen LogP contribution in [0.4, 0.5) is 5.95 Å². The van der Waals surface area contributed by atoms with E-state index in [0.717, 1.165) is 31.2 Å². The van der Waals surface area contributed by atoms with Gasteiger partial charge in [0.1, 0.15) is 12.4 Å². The molecule has 0 bridgehead atoms. The number of nitrogens with zero attached hydrogens (tertiary/aromatic N) is 2. The van der Waals surface area contributed by atoms with Gasteiger partial charge in [0.25, 0.3) is 0 Å². The molecule has 7 heteroatoms. The summed E-state index contributed by atoms with van der Waals surface area (Å²) in [5, 5.41) is 12.0. The summed E-state index contributed by atoms with van der Waals surface area (Å²) >= 11 is 0. The molecule has 150 valence electrons. The summed E-state index contributed by atoms with van der Waals surface area (Å²) in [7, 11) is 0. The van der Waals surface area contributed by atoms with Crippen LogP contribution in [-0.2, 0) is 16.0 Å². The number of H-pyrrole nitrogens is 1. The van der Waals surface area contributed by atoms with Gasteiger partial charge in [-0.25, -0.2) is 5.10 Å². The second kappa shape index (κ2) is 9.48. The third kappa shape index (κ3) is 5.41. The van der Waals surface area contributed by atoms with Crippen molar-refractivity contribution in [2.24, 2.45) is 17.8 Å². The molecule has 0 radical (unpaired) electrons. The van der Waals surface area contributed by atoms with E-state index in [0.29, 0.717) is 18.3 Å². The Hall–Kier alpha value is -2.70. The topological polar surface area (TPSA) is 99.8 Å². The highest BCUT2D eigenvalue weighted by Crippen LogP contribution is 2.33. The maximum absolute atomic E-state index is 12.9. The van der Waals surface area contributed by atoms with Crippen LogP contribution in [0.5, 0.6) is 0 Å². The molecule has 2 aromatic rings. The molecule has 3 rings (SSSR count). The number of aromatic nitrogens is 3. The fourth-order valence-corrected chi connectivity index (χ4v) is 3.87. The summed E-state index contributed by atoms with van der Waals surface area (Å²) in [5.74, 6) is 1.27. The van der Waals surface area contributed by atoms with Crippen molar-refractivity contribution in [3.63, 3.8) is 0 Å². The molecule has 1 aliphatic rings. The molecule has 0 saturated heterocycles. The summed E-state index contributed by atoms with van der Waals surface area (Å²) in [5.41, 5.74) is 0.990. The van der Waals surface area contributed by atoms with Gasteiger partial charge < -0.3 is 5.32 Å². The second-order valence-electron chi connectivity index (χ2n) is 7.93. The molecule has 28 heavy (non-hydrogen) atoms. The molecule has 0 spiro atoms. The Labute approximate surface area is 165 Å². The van der Waals surface area contributed by atoms with Crippen molar-refractivity contribution in [3.05, 3.63) is 42.2 Å². The van der Waals surface area contributed by atoms with Crippen LogP contribution in [0.25, 0.3) is 0 Å². The Morgan fingerprint density at radius 1 is 1.14 bits per heavy atom. The van der Waals surface area contributed by atoms with E-state index in [4.69, 9.17) is 0 Å². The Morgan fingerprint density at radius 2 is 1.86 bits per heavy atom. The van der Waals surface area contributed by atoms with E-state index in [2.05, 4.69) is 39.7 Å². The van der Waals surface area contributed by atoms with Crippen molar-refractivity contribution in [2.45, 2.75) is 52.0 Å². The minimum absolute atomic E-state index is 0.0219. The third-order valence-electron chi connectivity index (χ3n) is 5.66. The molecular weight excluding hydrogens is 354 g/mol. The Morgan fingerprint density at radius 3 is 2.46 bits per heavy atom. The highest BCUT2D eigenvalue weighted by Gasteiger charge is 2.30. The van der Waals surface area contributed by atoms with Gasteiger partial charge in [0.15, 0.2) is 0 Å². The first-order valence-corrected chi connectivity index (χ1v) is 10.0. The quantitative estimate of drug-likeness (QED) is 0.684. The summed E-state index contributed by atoms with van der Waals surface area (Å²) in [6, 6.07) is 9.02. The number of anilines is 1. The van der Waals surface area contributed by atoms with E-state index in [9.17, 15) is 9.59 Å². The molecule has 1 aromatic carbocycles. The van der Waals surface area contributed by atoms with Crippen LogP contribution in [0.15, 0.2) is 36.7 Å². The predicted molar refractivity (Wildman–Crippen MR) is 107 cm³/mol. The lowest BCUT2D eigenvalue weighted by Gasteiger charge is -2.31. The van der Waals surface area contributed by atoms with Gasteiger partial charge in [-0.15, -0.1) is 0 Å². The van der Waals surface area contributed by atoms with E-state index < -0.39 is 6.04 Å². The second-order valence-corrected chi connectivity index (χ2v) is 7.93. The van der Waals surface area contributed by atoms with Crippen molar-refractivity contribution in [3.8, 4) is 0 Å². The average Bonchev–Trinajstić information content (AvgIpc) is 3.21. The average molecular weight is 383 g/mol. The molecular formula is C21H29N5O2. The maximum atomic E-state index is 12.9. The molecule has 3 N–H and O–H groups in total. The minimum Gasteiger partial charge on any atom is -0.344 e. The fourth-order valence-electron chi connectivity index (χ4n) is 3.87. The normalized spacial score (nSPS) is 20.5. The number of rotatable bonds is 7. The maximum Gasteiger partial charge on any atom is 0.249 e. The number of nitrogens with one attached hydrogen (secondary N) is 3. The standard InChI is InChI=1S/C21H29N5O2/c1-14(2)16-8-10-17(11-9-16)19(27)24-18(12-15-6-4-3-5-7-15)20(28)25-21-22-13-23-26-21/h3-7,13-14,16-18H,8-12H2,1-2H3,(H,24,27)(H2,22,23,25,26,28)/t16?,17?,18-/m0/s1. The molecule has 0 aliphatic heterocycles. The van der Waals surface area contributed by atoms with E-state index in [-0.39, 0.29) is 23.7 Å². The first kappa shape index (κ1) is 20.0. The van der Waals surface area contributed by atoms with Crippen LogP contribution in [0, 0.1) is 17.8 Å². The van der Waals surface area contributed by atoms with Crippen molar-refractivity contribution in [2.75, 3.05) is 5.32 Å². The summed E-state index contributed by atoms with van der Waals surface area (Å²) in [6.07, 6.45) is 5.67. The zero-order valence-electron chi connectivity index (χ0n) is 16.5. The Balaban J connectivity index is 1.64. The van der Waals surface area contributed by atoms with Gasteiger partial charge in [-0.05, 0) is 43.1 Å². The number of carbonyl (C=O) groups is 2. The molecule has 0 unspecified atom stereocenters. The summed E-state index contributed by atoms with van der Waals surface area (Å²) in [6.45, 7) is 4.49. The largest absolute Gasteiger partial charge is 0.344 e. The molecule has 1 fully saturated rings. The van der Waals surface area contributed by atoms with Crippen molar-refractivity contribution < 1.29 is 9.59 Å². The highest BCUT2D eigenvalue weighted by atomic mass is 16.2. The number of hydrogen-bond donors (Lipinski definition) is 3. The van der Waals surface area contributed by atoms with Gasteiger partial charge >= 0.3 is 0 Å². The van der Waals surface area contributed by atoms with Crippen LogP contribution < -0.4 is 10.6 Å². The van der Waals surface area contributed by atoms with Gasteiger partial charge in [-0.2, -0.15) is 10.1 Å². The summed E-state index contributed by atoms with van der Waals surface area (Å²) < 4.78 is 0. The lowest BCUT2D eigenvalue weighted by atomic mass is 9.76. The van der Waals surface area contributed by atoms with Crippen molar-refractivity contribution >= 4 is 17.8 Å². The van der Waals surface area contributed by atoms with Crippen LogP contribution in [0.1, 0.15) is 45.1 Å². The molecule has 1 aromatic heterocycles. The predicted octanol–water partition coefficient (Wildman–Crippen LogP) is 2.93. The minimum atomic E-state index is -0.664. The van der Waals surface area contributed by atoms with Gasteiger partial charge in [-0.3, -0.25) is 14.9 Å². The molecule has 7 nitrogen and oxygen atoms in total. The van der Waals surface area contributed by atoms with E-state index in [1.165, 1.54) is 6.33 Å². The lowest BCUT2D eigenvalue weighted by Crippen LogP contribution is -2.48. The zero-order valence-corrected chi connectivity index (χ0v) is 16.5. The number of aromatic amines is 1. The molecule has 2 amide bonds. The zero-order chi connectivity index (χ0) is 19.9. The van der Waals surface area contributed by atoms with Crippen LogP contribution in [-0.4, -0.2) is 33.0 Å². The highest BCUT2D eigenvalue weighted by molar-refractivity contribution is 5.96. The third-order valence-corrected chi connectivity index (χ3v) is 5.66. The fraction of sp³-hybridized carbons (Fsp3) is 0.524. The van der Waals surface area contributed by atoms with Crippen LogP contribution in [0.3, 0.4) is 0 Å². The van der Waals surface area contributed by atoms with Gasteiger partial charge in [0.05, 0.1) is 0 Å². The monoisotopic (exact) mass is 383 g/mol. The molecule has 1 aliphatic carbocycles. The Bertz CT molecular complexity index is 752. The van der Waals surface area contributed by atoms with Gasteiger partial charge in [0, 0.05) is 12.3 Å². The SMILES string of the molecule is CC(C)C1CCC(C(=O)N[C@@H](Cc2ccccc2)C(=O)Nc2ncn[nH]2)CC1. The molecule has 1 heterocycles. The first-order chi connectivity index (χ1) is 13.5. The number of hydrogen-bond acceptors (Lipinski definition) is 4. The Kier molecular flexibility index (Phi) is 6.79. The number of benzene rings is 1. The van der Waals surface area contributed by atoms with Gasteiger partial charge in [-0.1, -0.05) is 44.2 Å². The first-order valence-electron chi connectivity index (χ1n) is 10.0. The number of carbonyl (C=O) groups excluding carboxylic acids is 2. The lowest BCUT2D eigenvalue weighted by molar-refractivity contribution is -0.130. The van der Waals surface area contributed by atoms with Crippen molar-refractivity contribution in [1.29, 1.82) is 0 Å². The van der Waals surface area contributed by atoms with E-state index in [1.54, 1.807) is 0 Å². The van der Waals surface area contributed by atoms with Crippen molar-refractivity contribution in [1.82, 2.24) is 20.5 Å². The van der Waals surface area contributed by atoms with Crippen LogP contribution in [0.2, 0.25) is 0 Å². The molecule has 1 saturated carbocycles. The summed E-state index contributed by atoms with van der Waals surface area (Å²) in [4.78, 5) is 29.5. The smallest absolute Gasteiger partial charge is 0.249 e. The van der Waals surface area contributed by atoms with Gasteiger partial charge in [0.2, 0.25) is 17.8 Å². The van der Waals surface area contributed by atoms with E-state index >= 15 is 0 Å².